The zero-order valence-corrected chi connectivity index (χ0v) is 10.8. The van der Waals surface area contributed by atoms with Crippen LogP contribution in [0.5, 0.6) is 0 Å². The van der Waals surface area contributed by atoms with Gasteiger partial charge in [0, 0.05) is 16.0 Å². The van der Waals surface area contributed by atoms with Crippen LogP contribution in [0.3, 0.4) is 0 Å². The van der Waals surface area contributed by atoms with Gasteiger partial charge < -0.3 is 4.90 Å². The van der Waals surface area contributed by atoms with Crippen molar-refractivity contribution in [1.29, 1.82) is 10.5 Å². The minimum Gasteiger partial charge on any atom is -0.345 e. The Kier molecular flexibility index (Phi) is 5.11. The molecule has 0 aromatic heterocycles. The lowest BCUT2D eigenvalue weighted by atomic mass is 10.2. The Morgan fingerprint density at radius 3 is 2.38 bits per heavy atom. The van der Waals surface area contributed by atoms with Gasteiger partial charge >= 0.3 is 0 Å². The molecule has 0 spiro atoms. The van der Waals surface area contributed by atoms with Gasteiger partial charge in [0.25, 0.3) is 0 Å². The van der Waals surface area contributed by atoms with Crippen LogP contribution in [-0.4, -0.2) is 13.1 Å². The van der Waals surface area contributed by atoms with E-state index in [1.165, 1.54) is 0 Å². The van der Waals surface area contributed by atoms with Gasteiger partial charge in [0.2, 0.25) is 0 Å². The maximum atomic E-state index is 8.71. The third-order valence-electron chi connectivity index (χ3n) is 2.06. The van der Waals surface area contributed by atoms with Crippen LogP contribution in [0.1, 0.15) is 5.56 Å². The van der Waals surface area contributed by atoms with E-state index in [2.05, 4.69) is 15.9 Å². The van der Waals surface area contributed by atoms with E-state index >= 15 is 0 Å². The van der Waals surface area contributed by atoms with Crippen molar-refractivity contribution in [2.24, 2.45) is 0 Å². The topological polar surface area (TPSA) is 50.8 Å². The minimum absolute atomic E-state index is 0.175. The Morgan fingerprint density at radius 1 is 1.25 bits per heavy atom. The number of rotatable bonds is 4. The van der Waals surface area contributed by atoms with Crippen LogP contribution in [0.4, 0.5) is 5.69 Å². The monoisotopic (exact) mass is 297 g/mol. The van der Waals surface area contributed by atoms with Gasteiger partial charge in [-0.2, -0.15) is 10.5 Å². The maximum absolute atomic E-state index is 8.71. The Morgan fingerprint density at radius 2 is 1.88 bits per heavy atom. The number of benzene rings is 1. The summed E-state index contributed by atoms with van der Waals surface area (Å²) in [4.78, 5) is 1.70. The van der Waals surface area contributed by atoms with Crippen LogP contribution in [-0.2, 0) is 5.33 Å². The molecule has 1 aromatic rings. The lowest BCUT2D eigenvalue weighted by Gasteiger charge is -2.21. The van der Waals surface area contributed by atoms with Crippen LogP contribution in [0.25, 0.3) is 0 Å². The first kappa shape index (κ1) is 12.8. The van der Waals surface area contributed by atoms with E-state index in [-0.39, 0.29) is 13.1 Å². The number of nitrogens with zero attached hydrogens (tertiary/aromatic N) is 3. The molecule has 0 aliphatic rings. The van der Waals surface area contributed by atoms with Crippen molar-refractivity contribution < 1.29 is 0 Å². The number of halogens is 2. The van der Waals surface area contributed by atoms with Crippen molar-refractivity contribution in [2.75, 3.05) is 18.0 Å². The molecule has 0 aliphatic heterocycles. The molecule has 0 radical (unpaired) electrons. The van der Waals surface area contributed by atoms with Crippen LogP contribution >= 0.6 is 27.5 Å². The first-order valence-corrected chi connectivity index (χ1v) is 6.06. The predicted octanol–water partition coefficient (Wildman–Crippen LogP) is 3.09. The molecule has 3 nitrogen and oxygen atoms in total. The molecule has 0 N–H and O–H groups in total. The summed E-state index contributed by atoms with van der Waals surface area (Å²) in [6.07, 6.45) is 0. The third kappa shape index (κ3) is 3.13. The van der Waals surface area contributed by atoms with Crippen LogP contribution in [0, 0.1) is 22.7 Å². The normalized spacial score (nSPS) is 9.25. The quantitative estimate of drug-likeness (QED) is 0.634. The summed E-state index contributed by atoms with van der Waals surface area (Å²) < 4.78 is 0. The summed E-state index contributed by atoms with van der Waals surface area (Å²) >= 11 is 9.28. The van der Waals surface area contributed by atoms with Gasteiger partial charge in [0.05, 0.1) is 12.1 Å². The average molecular weight is 299 g/mol. The van der Waals surface area contributed by atoms with Crippen molar-refractivity contribution in [3.63, 3.8) is 0 Å². The molecule has 0 fully saturated rings. The van der Waals surface area contributed by atoms with Gasteiger partial charge in [0.15, 0.2) is 0 Å². The Balaban J connectivity index is 3.12. The van der Waals surface area contributed by atoms with Gasteiger partial charge in [-0.3, -0.25) is 0 Å². The van der Waals surface area contributed by atoms with E-state index in [9.17, 15) is 0 Å². The lowest BCUT2D eigenvalue weighted by molar-refractivity contribution is 0.958. The maximum Gasteiger partial charge on any atom is 0.106 e. The molecule has 0 atom stereocenters. The second kappa shape index (κ2) is 6.37. The summed E-state index contributed by atoms with van der Waals surface area (Å²) in [6, 6.07) is 9.52. The molecule has 0 bridgehead atoms. The van der Waals surface area contributed by atoms with Crippen molar-refractivity contribution >= 4 is 33.2 Å². The first-order valence-electron chi connectivity index (χ1n) is 4.56. The number of alkyl halides is 1. The number of anilines is 1. The number of hydrogen-bond acceptors (Lipinski definition) is 3. The average Bonchev–Trinajstić information content (AvgIpc) is 2.29. The zero-order valence-electron chi connectivity index (χ0n) is 8.45. The van der Waals surface area contributed by atoms with E-state index < -0.39 is 0 Å². The van der Waals surface area contributed by atoms with E-state index in [4.69, 9.17) is 22.1 Å². The standard InChI is InChI=1S/C11H9BrClN3/c12-8-9-1-2-10(13)7-11(9)16(5-3-14)6-4-15/h1-2,7H,5-6,8H2. The predicted molar refractivity (Wildman–Crippen MR) is 67.5 cm³/mol. The molecular formula is C11H9BrClN3. The highest BCUT2D eigenvalue weighted by atomic mass is 79.9. The Hall–Kier alpha value is -1.23. The molecule has 16 heavy (non-hydrogen) atoms. The van der Waals surface area contributed by atoms with Crippen molar-refractivity contribution in [1.82, 2.24) is 0 Å². The smallest absolute Gasteiger partial charge is 0.106 e. The Labute approximate surface area is 108 Å². The van der Waals surface area contributed by atoms with Gasteiger partial charge in [0.1, 0.15) is 13.1 Å². The summed E-state index contributed by atoms with van der Waals surface area (Å²) in [7, 11) is 0. The van der Waals surface area contributed by atoms with Crippen molar-refractivity contribution in [2.45, 2.75) is 5.33 Å². The van der Waals surface area contributed by atoms with Gasteiger partial charge in [-0.25, -0.2) is 0 Å². The van der Waals surface area contributed by atoms with E-state index in [0.29, 0.717) is 10.4 Å². The summed E-state index contributed by atoms with van der Waals surface area (Å²) in [5, 5.41) is 18.7. The molecule has 0 heterocycles. The minimum atomic E-state index is 0.175. The summed E-state index contributed by atoms with van der Waals surface area (Å²) in [5.74, 6) is 0. The van der Waals surface area contributed by atoms with E-state index in [1.807, 2.05) is 18.2 Å². The third-order valence-corrected chi connectivity index (χ3v) is 2.89. The molecule has 5 heteroatoms. The van der Waals surface area contributed by atoms with Gasteiger partial charge in [-0.15, -0.1) is 0 Å². The Bertz CT molecular complexity index is 432. The van der Waals surface area contributed by atoms with E-state index in [0.717, 1.165) is 11.3 Å². The highest BCUT2D eigenvalue weighted by molar-refractivity contribution is 9.08. The molecular weight excluding hydrogens is 289 g/mol. The SMILES string of the molecule is N#CCN(CC#N)c1cc(Cl)ccc1CBr. The van der Waals surface area contributed by atoms with Gasteiger partial charge in [-0.1, -0.05) is 33.6 Å². The molecule has 0 saturated carbocycles. The highest BCUT2D eigenvalue weighted by Gasteiger charge is 2.10. The molecule has 1 rings (SSSR count). The molecule has 0 unspecified atom stereocenters. The first-order chi connectivity index (χ1) is 7.72. The lowest BCUT2D eigenvalue weighted by Crippen LogP contribution is -2.24. The van der Waals surface area contributed by atoms with Crippen LogP contribution in [0.2, 0.25) is 5.02 Å². The van der Waals surface area contributed by atoms with Crippen LogP contribution < -0.4 is 4.90 Å². The number of nitriles is 2. The van der Waals surface area contributed by atoms with Crippen molar-refractivity contribution in [3.05, 3.63) is 28.8 Å². The zero-order chi connectivity index (χ0) is 12.0. The van der Waals surface area contributed by atoms with Crippen molar-refractivity contribution in [3.8, 4) is 12.1 Å². The second-order valence-corrected chi connectivity index (χ2v) is 4.08. The molecule has 0 aliphatic carbocycles. The molecule has 82 valence electrons. The summed E-state index contributed by atoms with van der Waals surface area (Å²) in [5.41, 5.74) is 1.84. The fourth-order valence-electron chi connectivity index (χ4n) is 1.34. The number of hydrogen-bond donors (Lipinski definition) is 0. The van der Waals surface area contributed by atoms with Crippen LogP contribution in [0.15, 0.2) is 18.2 Å². The molecule has 0 amide bonds. The fraction of sp³-hybridized carbons (Fsp3) is 0.273. The van der Waals surface area contributed by atoms with E-state index in [1.54, 1.807) is 17.0 Å². The highest BCUT2D eigenvalue weighted by Crippen LogP contribution is 2.26. The largest absolute Gasteiger partial charge is 0.345 e. The van der Waals surface area contributed by atoms with Gasteiger partial charge in [-0.05, 0) is 17.7 Å². The molecule has 1 aromatic carbocycles. The second-order valence-electron chi connectivity index (χ2n) is 3.08. The summed E-state index contributed by atoms with van der Waals surface area (Å²) in [6.45, 7) is 0.349. The fourth-order valence-corrected chi connectivity index (χ4v) is 1.98. The molecule has 0 saturated heterocycles.